The van der Waals surface area contributed by atoms with E-state index in [1.165, 1.54) is 33.4 Å². The zero-order valence-corrected chi connectivity index (χ0v) is 20.6. The molecule has 1 heteroatoms. The van der Waals surface area contributed by atoms with Crippen molar-refractivity contribution in [1.82, 2.24) is 0 Å². The van der Waals surface area contributed by atoms with Crippen LogP contribution < -0.4 is 0 Å². The van der Waals surface area contributed by atoms with E-state index in [0.29, 0.717) is 11.8 Å². The molecule has 0 aliphatic heterocycles. The van der Waals surface area contributed by atoms with E-state index in [-0.39, 0.29) is 22.9 Å². The third-order valence-corrected chi connectivity index (χ3v) is 5.53. The first-order valence-corrected chi connectivity index (χ1v) is 17.4. The molecular weight excluding hydrogens is 515 g/mol. The van der Waals surface area contributed by atoms with Gasteiger partial charge < -0.3 is 0 Å². The van der Waals surface area contributed by atoms with Gasteiger partial charge in [-0.1, -0.05) is 109 Å². The van der Waals surface area contributed by atoms with Crippen LogP contribution in [0.25, 0.3) is 11.1 Å². The molecule has 0 spiro atoms. The van der Waals surface area contributed by atoms with Gasteiger partial charge in [0.25, 0.3) is 0 Å². The molecule has 0 atom stereocenters. The van der Waals surface area contributed by atoms with Crippen molar-refractivity contribution in [2.75, 3.05) is 0 Å². The molecular formula is C28H26Hf. The summed E-state index contributed by atoms with van der Waals surface area (Å²) in [5, 5.41) is 0. The van der Waals surface area contributed by atoms with Gasteiger partial charge in [0, 0.05) is 11.8 Å². The van der Waals surface area contributed by atoms with Gasteiger partial charge in [0.15, 0.2) is 0 Å². The van der Waals surface area contributed by atoms with Crippen LogP contribution in [0.5, 0.6) is 0 Å². The smallest absolute Gasteiger partial charge is 0.0211 e. The number of hydrogen-bond acceptors (Lipinski definition) is 0. The number of rotatable bonds is 3. The van der Waals surface area contributed by atoms with Gasteiger partial charge in [-0.15, -0.1) is 0 Å². The Hall–Kier alpha value is -2.25. The Balaban J connectivity index is 0.000000645. The Morgan fingerprint density at radius 1 is 0.517 bits per heavy atom. The van der Waals surface area contributed by atoms with Gasteiger partial charge in [0.05, 0.1) is 0 Å². The second-order valence-corrected chi connectivity index (χ2v) is 11.0. The summed E-state index contributed by atoms with van der Waals surface area (Å²) in [7, 11) is 0. The first-order chi connectivity index (χ1) is 14.3. The molecule has 0 saturated heterocycles. The first kappa shape index (κ1) is 20.0. The van der Waals surface area contributed by atoms with Gasteiger partial charge in [-0.3, -0.25) is 0 Å². The molecule has 0 heterocycles. The molecule has 0 radical (unpaired) electrons. The average Bonchev–Trinajstić information content (AvgIpc) is 3.11. The van der Waals surface area contributed by atoms with Gasteiger partial charge >= 0.3 is 32.3 Å². The summed E-state index contributed by atoms with van der Waals surface area (Å²) in [6.45, 7) is 0. The Bertz CT molecular complexity index is 969. The number of benzene rings is 4. The van der Waals surface area contributed by atoms with Crippen molar-refractivity contribution in [2.45, 2.75) is 21.2 Å². The second-order valence-electron chi connectivity index (χ2n) is 7.45. The molecule has 0 N–H and O–H groups in total. The molecule has 0 fully saturated rings. The molecule has 29 heavy (non-hydrogen) atoms. The molecule has 1 aliphatic carbocycles. The summed E-state index contributed by atoms with van der Waals surface area (Å²) in [6.07, 6.45) is 0. The largest absolute Gasteiger partial charge is 0.0622 e. The van der Waals surface area contributed by atoms with Crippen LogP contribution in [0.1, 0.15) is 34.1 Å². The SMILES string of the molecule is [CH3][Hf][CH3].c1ccc(C(c2ccccc2)C2c3ccccc3-c3ccccc32)cc1. The summed E-state index contributed by atoms with van der Waals surface area (Å²) >= 11 is 0.0833. The molecule has 0 amide bonds. The van der Waals surface area contributed by atoms with E-state index >= 15 is 0 Å². The van der Waals surface area contributed by atoms with E-state index in [0.717, 1.165) is 0 Å². The van der Waals surface area contributed by atoms with E-state index in [1.807, 2.05) is 0 Å². The summed E-state index contributed by atoms with van der Waals surface area (Å²) in [4.78, 5) is 0. The van der Waals surface area contributed by atoms with Gasteiger partial charge in [-0.25, -0.2) is 0 Å². The molecule has 0 aromatic heterocycles. The van der Waals surface area contributed by atoms with Crippen molar-refractivity contribution < 1.29 is 22.9 Å². The predicted octanol–water partition coefficient (Wildman–Crippen LogP) is 7.80. The van der Waals surface area contributed by atoms with Crippen molar-refractivity contribution in [3.8, 4) is 11.1 Å². The number of hydrogen-bond donors (Lipinski definition) is 0. The maximum Gasteiger partial charge on any atom is 0.0211 e. The minimum absolute atomic E-state index is 0.0833. The molecule has 0 saturated carbocycles. The fourth-order valence-corrected chi connectivity index (χ4v) is 4.45. The van der Waals surface area contributed by atoms with Crippen molar-refractivity contribution in [3.05, 3.63) is 131 Å². The second kappa shape index (κ2) is 9.50. The zero-order valence-electron chi connectivity index (χ0n) is 17.0. The molecule has 5 rings (SSSR count). The van der Waals surface area contributed by atoms with Crippen molar-refractivity contribution in [2.24, 2.45) is 0 Å². The molecule has 1 aliphatic rings. The van der Waals surface area contributed by atoms with Gasteiger partial charge in [-0.2, -0.15) is 0 Å². The Kier molecular flexibility index (Phi) is 6.56. The van der Waals surface area contributed by atoms with Crippen LogP contribution in [0.15, 0.2) is 109 Å². The van der Waals surface area contributed by atoms with Gasteiger partial charge in [-0.05, 0) is 33.4 Å². The summed E-state index contributed by atoms with van der Waals surface area (Å²) < 4.78 is 4.64. The minimum atomic E-state index is 0.0833. The van der Waals surface area contributed by atoms with E-state index in [9.17, 15) is 0 Å². The third kappa shape index (κ3) is 4.07. The fourth-order valence-electron chi connectivity index (χ4n) is 4.45. The van der Waals surface area contributed by atoms with Crippen LogP contribution >= 0.6 is 0 Å². The van der Waals surface area contributed by atoms with E-state index in [2.05, 4.69) is 119 Å². The Morgan fingerprint density at radius 3 is 1.28 bits per heavy atom. The summed E-state index contributed by atoms with van der Waals surface area (Å²) in [6, 6.07) is 39.6. The van der Waals surface area contributed by atoms with Crippen LogP contribution in [-0.4, -0.2) is 0 Å². The fraction of sp³-hybridized carbons (Fsp3) is 0.143. The Labute approximate surface area is 186 Å². The monoisotopic (exact) mass is 542 g/mol. The molecule has 0 bridgehead atoms. The van der Waals surface area contributed by atoms with Crippen LogP contribution in [0.2, 0.25) is 9.36 Å². The van der Waals surface area contributed by atoms with Crippen LogP contribution in [0.3, 0.4) is 0 Å². The summed E-state index contributed by atoms with van der Waals surface area (Å²) in [5.41, 5.74) is 8.37. The van der Waals surface area contributed by atoms with Gasteiger partial charge in [0.2, 0.25) is 0 Å². The van der Waals surface area contributed by atoms with Gasteiger partial charge in [0.1, 0.15) is 0 Å². The third-order valence-electron chi connectivity index (χ3n) is 5.53. The topological polar surface area (TPSA) is 0 Å². The zero-order chi connectivity index (χ0) is 20.1. The van der Waals surface area contributed by atoms with Crippen molar-refractivity contribution in [1.29, 1.82) is 0 Å². The van der Waals surface area contributed by atoms with Crippen molar-refractivity contribution in [3.63, 3.8) is 0 Å². The average molecular weight is 541 g/mol. The van der Waals surface area contributed by atoms with Crippen molar-refractivity contribution >= 4 is 0 Å². The maximum atomic E-state index is 2.32. The normalized spacial score (nSPS) is 12.0. The molecule has 4 aromatic rings. The van der Waals surface area contributed by atoms with Crippen LogP contribution in [0, 0.1) is 0 Å². The molecule has 142 valence electrons. The van der Waals surface area contributed by atoms with Crippen LogP contribution in [-0.2, 0) is 22.9 Å². The predicted molar refractivity (Wildman–Crippen MR) is 120 cm³/mol. The van der Waals surface area contributed by atoms with E-state index in [1.54, 1.807) is 0 Å². The maximum absolute atomic E-state index is 2.32. The summed E-state index contributed by atoms with van der Waals surface area (Å²) in [5.74, 6) is 0.648. The standard InChI is InChI=1S/C26H20.2CH3.Hf/c1-3-11-19(12-4-1)25(20-13-5-2-6-14-20)26-23-17-9-7-15-21(23)22-16-8-10-18-24(22)26;;;/h1-18,25-26H;2*1H3;. The minimum Gasteiger partial charge on any atom is -0.0622 e. The van der Waals surface area contributed by atoms with E-state index in [4.69, 9.17) is 0 Å². The van der Waals surface area contributed by atoms with Crippen LogP contribution in [0.4, 0.5) is 0 Å². The molecule has 0 nitrogen and oxygen atoms in total. The Morgan fingerprint density at radius 2 is 0.862 bits per heavy atom. The number of fused-ring (bicyclic) bond motifs is 3. The quantitative estimate of drug-likeness (QED) is 0.233. The van der Waals surface area contributed by atoms with E-state index < -0.39 is 0 Å². The first-order valence-electron chi connectivity index (χ1n) is 10.2. The molecule has 0 unspecified atom stereocenters. The molecule has 4 aromatic carbocycles.